The normalized spacial score (nSPS) is 54.8. The molecule has 4 saturated heterocycles. The molecule has 0 bridgehead atoms. The van der Waals surface area contributed by atoms with Crippen molar-refractivity contribution in [1.29, 1.82) is 0 Å². The van der Waals surface area contributed by atoms with Gasteiger partial charge in [0.2, 0.25) is 6.29 Å². The minimum atomic E-state index is -1.87. The summed E-state index contributed by atoms with van der Waals surface area (Å²) in [7, 11) is 0. The van der Waals surface area contributed by atoms with Crippen LogP contribution in [-0.4, -0.2) is 222 Å². The quantitative estimate of drug-likeness (QED) is 0.0643. The lowest BCUT2D eigenvalue weighted by atomic mass is 9.33. The predicted molar refractivity (Wildman–Crippen MR) is 257 cm³/mol. The summed E-state index contributed by atoms with van der Waals surface area (Å²) in [5.74, 6) is -0.615. The Morgan fingerprint density at radius 3 is 1.97 bits per heavy atom. The van der Waals surface area contributed by atoms with Crippen LogP contribution >= 0.6 is 0 Å². The fraction of sp³-hybridized carbons (Fsp3) is 0.943. The highest BCUT2D eigenvalue weighted by Gasteiger charge is 2.70. The molecular weight excluding hydrogens is 989 g/mol. The van der Waals surface area contributed by atoms with E-state index in [0.29, 0.717) is 38.5 Å². The van der Waals surface area contributed by atoms with Crippen molar-refractivity contribution >= 4 is 5.97 Å². The summed E-state index contributed by atoms with van der Waals surface area (Å²) in [5, 5.41) is 139. The zero-order valence-corrected chi connectivity index (χ0v) is 44.2. The third-order valence-corrected chi connectivity index (χ3v) is 21.1. The lowest BCUT2D eigenvalue weighted by Crippen LogP contribution is -2.67. The molecule has 5 aliphatic carbocycles. The van der Waals surface area contributed by atoms with Crippen molar-refractivity contribution in [2.45, 2.75) is 235 Å². The molecule has 0 amide bonds. The number of carbonyl (C=O) groups is 1. The number of aliphatic hydroxyl groups excluding tert-OH is 13. The number of aliphatic hydroxyl groups is 13. The number of carbonyl (C=O) groups excluding carboxylic acids is 1. The topological polar surface area (TPSA) is 354 Å². The van der Waals surface area contributed by atoms with Gasteiger partial charge in [0.15, 0.2) is 18.9 Å². The Hall–Kier alpha value is -1.59. The summed E-state index contributed by atoms with van der Waals surface area (Å²) in [5.41, 5.74) is -1.46. The largest absolute Gasteiger partial charge is 0.432 e. The van der Waals surface area contributed by atoms with E-state index in [0.717, 1.165) is 25.7 Å². The molecule has 4 heterocycles. The van der Waals surface area contributed by atoms with Crippen molar-refractivity contribution < 1.29 is 109 Å². The Balaban J connectivity index is 0.898. The molecule has 13 N–H and O–H groups in total. The van der Waals surface area contributed by atoms with Gasteiger partial charge in [-0.3, -0.25) is 4.79 Å². The van der Waals surface area contributed by atoms with E-state index in [1.165, 1.54) is 12.5 Å². The first kappa shape index (κ1) is 58.1. The van der Waals surface area contributed by atoms with Crippen LogP contribution in [0.2, 0.25) is 0 Å². The van der Waals surface area contributed by atoms with Gasteiger partial charge in [-0.15, -0.1) is 0 Å². The maximum Gasteiger partial charge on any atom is 0.315 e. The molecule has 4 aliphatic heterocycles. The average Bonchev–Trinajstić information content (AvgIpc) is 3.37. The Kier molecular flexibility index (Phi) is 16.3. The molecule has 22 heteroatoms. The fourth-order valence-corrected chi connectivity index (χ4v) is 16.1. The maximum atomic E-state index is 15.1. The molecule has 0 radical (unpaired) electrons. The smallest absolute Gasteiger partial charge is 0.315 e. The number of esters is 1. The molecular formula is C53H86O22. The number of hydrogen-bond donors (Lipinski definition) is 13. The standard InChI is InChI=1S/C53H86O22/c1-23-32(57)35(60)39(64)45(70-23)74-42-27(19-54)71-43(41(66)37(42)62)69-21-28-34(59)36(61)40(65)46(72-28)75-47(67)53-16-14-48(2,3)18-25(53)24-8-9-30-49(4)12-11-31(73-44-38(63)33(58)26(56)20-68-44)50(5,22-55)29(49)10-13-52(30,7)51(24,6)15-17-53/h8,23,25-46,54-66H,9-22H2,1-7H3/t23-,25?,26-,27+,28+,29?,30?,31-,32-,33-,34+,35+,36-,37+,38+,39+,40+,41+,42+,43+,44-,45-,46-,49-,50-,51?,52+,53-/m0/s1. The summed E-state index contributed by atoms with van der Waals surface area (Å²) in [6.07, 6.45) is -21.1. The lowest BCUT2D eigenvalue weighted by Gasteiger charge is -2.71. The van der Waals surface area contributed by atoms with Gasteiger partial charge in [0, 0.05) is 5.41 Å². The Morgan fingerprint density at radius 2 is 1.28 bits per heavy atom. The van der Waals surface area contributed by atoms with Crippen LogP contribution in [0.1, 0.15) is 113 Å². The van der Waals surface area contributed by atoms with Gasteiger partial charge in [0.1, 0.15) is 85.5 Å². The van der Waals surface area contributed by atoms with Crippen LogP contribution < -0.4 is 0 Å². The number of ether oxygens (including phenoxy) is 8. The van der Waals surface area contributed by atoms with Crippen LogP contribution in [0.3, 0.4) is 0 Å². The molecule has 0 aromatic heterocycles. The van der Waals surface area contributed by atoms with Crippen molar-refractivity contribution in [2.24, 2.45) is 50.2 Å². The van der Waals surface area contributed by atoms with E-state index in [2.05, 4.69) is 40.7 Å². The third-order valence-electron chi connectivity index (χ3n) is 21.1. The van der Waals surface area contributed by atoms with Gasteiger partial charge in [-0.25, -0.2) is 0 Å². The Labute approximate surface area is 437 Å². The molecule has 430 valence electrons. The van der Waals surface area contributed by atoms with E-state index >= 15 is 4.79 Å². The SMILES string of the molecule is C[C@@H]1O[C@@H](O[C@H]2[C@H](O)[C@@H](O)[C@H](OC[C@H]3O[C@@H](OC(=O)[C@]45CCC(C)(C)CC4C4=CCC6[C@@]7(C)CC[C@H](O[C@@H]8OC[C@H](O)[C@H](O)[C@H]8O)[C@@](C)(CO)C7CC[C@@]6(C)C4(C)CC5)[C@H](O)[C@@H](O)[C@@H]3O)O[C@@H]2CO)[C@H](O)[C@H](O)[C@H]1O. The van der Waals surface area contributed by atoms with Crippen molar-refractivity contribution in [3.8, 4) is 0 Å². The summed E-state index contributed by atoms with van der Waals surface area (Å²) >= 11 is 0. The van der Waals surface area contributed by atoms with Crippen LogP contribution in [0, 0.1) is 50.2 Å². The molecule has 9 rings (SSSR count). The fourth-order valence-electron chi connectivity index (χ4n) is 16.1. The molecule has 4 saturated carbocycles. The van der Waals surface area contributed by atoms with E-state index in [-0.39, 0.29) is 52.6 Å². The first-order valence-corrected chi connectivity index (χ1v) is 27.3. The van der Waals surface area contributed by atoms with Crippen LogP contribution in [0.25, 0.3) is 0 Å². The monoisotopic (exact) mass is 1070 g/mol. The summed E-state index contributed by atoms with van der Waals surface area (Å²) in [6, 6.07) is 0. The summed E-state index contributed by atoms with van der Waals surface area (Å²) < 4.78 is 47.0. The van der Waals surface area contributed by atoms with Crippen LogP contribution in [0.5, 0.6) is 0 Å². The molecule has 0 aromatic rings. The van der Waals surface area contributed by atoms with Crippen LogP contribution in [0.15, 0.2) is 11.6 Å². The highest BCUT2D eigenvalue weighted by Crippen LogP contribution is 2.76. The number of allylic oxidation sites excluding steroid dienone is 2. The third kappa shape index (κ3) is 9.50. The van der Waals surface area contributed by atoms with E-state index in [1.54, 1.807) is 0 Å². The van der Waals surface area contributed by atoms with Gasteiger partial charge in [-0.1, -0.05) is 53.2 Å². The molecule has 9 aliphatic rings. The Morgan fingerprint density at radius 1 is 0.640 bits per heavy atom. The number of fused-ring (bicyclic) bond motifs is 7. The second-order valence-electron chi connectivity index (χ2n) is 25.7. The molecule has 4 unspecified atom stereocenters. The molecule has 28 atom stereocenters. The van der Waals surface area contributed by atoms with Gasteiger partial charge in [-0.2, -0.15) is 0 Å². The van der Waals surface area contributed by atoms with Gasteiger partial charge in [0.05, 0.1) is 44.1 Å². The maximum absolute atomic E-state index is 15.1. The van der Waals surface area contributed by atoms with Gasteiger partial charge in [0.25, 0.3) is 0 Å². The number of hydrogen-bond acceptors (Lipinski definition) is 22. The zero-order chi connectivity index (χ0) is 54.7. The van der Waals surface area contributed by atoms with E-state index in [1.807, 2.05) is 6.92 Å². The molecule has 0 aromatic carbocycles. The minimum Gasteiger partial charge on any atom is -0.432 e. The molecule has 75 heavy (non-hydrogen) atoms. The van der Waals surface area contributed by atoms with E-state index in [4.69, 9.17) is 37.9 Å². The minimum absolute atomic E-state index is 0.0319. The molecule has 22 nitrogen and oxygen atoms in total. The second-order valence-corrected chi connectivity index (χ2v) is 25.7. The highest BCUT2D eigenvalue weighted by atomic mass is 16.8. The summed E-state index contributed by atoms with van der Waals surface area (Å²) in [6.45, 7) is 13.2. The number of rotatable bonds is 11. The van der Waals surface area contributed by atoms with Gasteiger partial charge >= 0.3 is 5.97 Å². The van der Waals surface area contributed by atoms with Gasteiger partial charge in [-0.05, 0) is 111 Å². The zero-order valence-electron chi connectivity index (χ0n) is 44.2. The first-order valence-electron chi connectivity index (χ1n) is 27.3. The van der Waals surface area contributed by atoms with Crippen LogP contribution in [-0.2, 0) is 42.7 Å². The van der Waals surface area contributed by atoms with Crippen molar-refractivity contribution in [3.05, 3.63) is 11.6 Å². The first-order chi connectivity index (χ1) is 35.1. The second kappa shape index (κ2) is 21.1. The van der Waals surface area contributed by atoms with Crippen molar-refractivity contribution in [1.82, 2.24) is 0 Å². The van der Waals surface area contributed by atoms with Gasteiger partial charge < -0.3 is 104 Å². The van der Waals surface area contributed by atoms with Crippen molar-refractivity contribution in [3.63, 3.8) is 0 Å². The van der Waals surface area contributed by atoms with E-state index < -0.39 is 153 Å². The Bertz CT molecular complexity index is 2060. The van der Waals surface area contributed by atoms with E-state index in [9.17, 15) is 66.4 Å². The van der Waals surface area contributed by atoms with Crippen molar-refractivity contribution in [2.75, 3.05) is 26.4 Å². The van der Waals surface area contributed by atoms with Crippen LogP contribution in [0.4, 0.5) is 0 Å². The lowest BCUT2D eigenvalue weighted by molar-refractivity contribution is -0.361. The average molecular weight is 1080 g/mol. The molecule has 8 fully saturated rings. The highest BCUT2D eigenvalue weighted by molar-refractivity contribution is 5.79. The summed E-state index contributed by atoms with van der Waals surface area (Å²) in [4.78, 5) is 15.1. The molecule has 0 spiro atoms. The predicted octanol–water partition coefficient (Wildman–Crippen LogP) is -1.40.